The zero-order valence-electron chi connectivity index (χ0n) is 10.7. The Balaban J connectivity index is 2.22. The number of nitrogens with two attached hydrogens (primary N) is 1. The molecule has 1 saturated carbocycles. The van der Waals surface area contributed by atoms with Crippen LogP contribution in [0.4, 0.5) is 0 Å². The summed E-state index contributed by atoms with van der Waals surface area (Å²) in [6.07, 6.45) is 2.88. The molecule has 19 heavy (non-hydrogen) atoms. The number of carbonyl (C=O) groups excluding carboxylic acids is 1. The maximum absolute atomic E-state index is 11.2. The molecule has 0 amide bonds. The lowest BCUT2D eigenvalue weighted by Gasteiger charge is -2.29. The first-order valence-electron chi connectivity index (χ1n) is 6.43. The van der Waals surface area contributed by atoms with Crippen LogP contribution in [0.2, 0.25) is 0 Å². The Morgan fingerprint density at radius 1 is 1.37 bits per heavy atom. The van der Waals surface area contributed by atoms with Gasteiger partial charge in [-0.05, 0) is 25.8 Å². The molecule has 0 radical (unpaired) electrons. The minimum absolute atomic E-state index is 0.0421. The smallest absolute Gasteiger partial charge is 0.172 e. The summed E-state index contributed by atoms with van der Waals surface area (Å²) in [6.45, 7) is 2.99. The van der Waals surface area contributed by atoms with Crippen molar-refractivity contribution in [2.45, 2.75) is 31.2 Å². The first kappa shape index (κ1) is 12.9. The van der Waals surface area contributed by atoms with E-state index in [-0.39, 0.29) is 11.5 Å². The summed E-state index contributed by atoms with van der Waals surface area (Å²) in [6, 6.07) is 1.85. The van der Waals surface area contributed by atoms with Gasteiger partial charge in [-0.15, -0.1) is 0 Å². The van der Waals surface area contributed by atoms with Crippen LogP contribution in [0.1, 0.15) is 35.7 Å². The van der Waals surface area contributed by atoms with E-state index in [2.05, 4.69) is 15.9 Å². The van der Waals surface area contributed by atoms with Gasteiger partial charge in [-0.25, -0.2) is 0 Å². The molecule has 1 aromatic carbocycles. The highest BCUT2D eigenvalue weighted by atomic mass is 79.9. The molecule has 1 atom stereocenters. The van der Waals surface area contributed by atoms with Crippen LogP contribution in [0.25, 0.3) is 0 Å². The molecule has 1 aliphatic heterocycles. The Kier molecular flexibility index (Phi) is 3.06. The van der Waals surface area contributed by atoms with E-state index in [1.807, 2.05) is 6.92 Å². The van der Waals surface area contributed by atoms with Gasteiger partial charge in [0.05, 0.1) is 5.56 Å². The molecule has 0 bridgehead atoms. The molecule has 0 aromatic heterocycles. The summed E-state index contributed by atoms with van der Waals surface area (Å²) in [5, 5.41) is 0. The molecule has 1 aromatic rings. The molecular weight excluding hydrogens is 310 g/mol. The number of benzene rings is 1. The van der Waals surface area contributed by atoms with Crippen molar-refractivity contribution in [3.05, 3.63) is 21.7 Å². The third kappa shape index (κ3) is 1.87. The summed E-state index contributed by atoms with van der Waals surface area (Å²) in [4.78, 5) is 11.2. The Labute approximate surface area is 120 Å². The van der Waals surface area contributed by atoms with Crippen molar-refractivity contribution in [2.24, 2.45) is 5.73 Å². The zero-order valence-corrected chi connectivity index (χ0v) is 12.3. The molecule has 102 valence electrons. The highest BCUT2D eigenvalue weighted by Gasteiger charge is 2.51. The fourth-order valence-electron chi connectivity index (χ4n) is 2.82. The van der Waals surface area contributed by atoms with E-state index in [4.69, 9.17) is 15.2 Å². The predicted molar refractivity (Wildman–Crippen MR) is 75.1 cm³/mol. The predicted octanol–water partition coefficient (Wildman–Crippen LogP) is 2.41. The number of aldehydes is 1. The molecular formula is C14H16BrNO3. The molecule has 2 aliphatic rings. The van der Waals surface area contributed by atoms with Gasteiger partial charge in [0.1, 0.15) is 13.2 Å². The average Bonchev–Trinajstić information content (AvgIpc) is 3.19. The fraction of sp³-hybridized carbons (Fsp3) is 0.500. The van der Waals surface area contributed by atoms with Crippen LogP contribution < -0.4 is 15.2 Å². The van der Waals surface area contributed by atoms with Crippen molar-refractivity contribution in [3.8, 4) is 11.5 Å². The molecule has 0 saturated heterocycles. The quantitative estimate of drug-likeness (QED) is 0.867. The lowest BCUT2D eigenvalue weighted by Crippen LogP contribution is -2.33. The molecule has 1 heterocycles. The molecule has 1 unspecified atom stereocenters. The highest BCUT2D eigenvalue weighted by Crippen LogP contribution is 2.58. The third-order valence-corrected chi connectivity index (χ3v) is 4.70. The van der Waals surface area contributed by atoms with E-state index in [9.17, 15) is 4.79 Å². The van der Waals surface area contributed by atoms with Gasteiger partial charge in [0.15, 0.2) is 17.8 Å². The van der Waals surface area contributed by atoms with Gasteiger partial charge in [-0.2, -0.15) is 0 Å². The number of hydrogen-bond acceptors (Lipinski definition) is 4. The second-order valence-corrected chi connectivity index (χ2v) is 6.09. The van der Waals surface area contributed by atoms with Crippen LogP contribution in [0.5, 0.6) is 11.5 Å². The van der Waals surface area contributed by atoms with E-state index in [1.165, 1.54) is 0 Å². The van der Waals surface area contributed by atoms with E-state index < -0.39 is 0 Å². The summed E-state index contributed by atoms with van der Waals surface area (Å²) >= 11 is 3.56. The average molecular weight is 326 g/mol. The third-order valence-electron chi connectivity index (χ3n) is 4.08. The van der Waals surface area contributed by atoms with Crippen LogP contribution in [0.3, 0.4) is 0 Å². The van der Waals surface area contributed by atoms with Crippen LogP contribution in [0, 0.1) is 0 Å². The lowest BCUT2D eigenvalue weighted by molar-refractivity contribution is 0.111. The van der Waals surface area contributed by atoms with Crippen molar-refractivity contribution < 1.29 is 14.3 Å². The van der Waals surface area contributed by atoms with Crippen molar-refractivity contribution in [2.75, 3.05) is 13.2 Å². The molecule has 5 heteroatoms. The first-order valence-corrected chi connectivity index (χ1v) is 7.23. The molecule has 3 rings (SSSR count). The Bertz CT molecular complexity index is 538. The Morgan fingerprint density at radius 3 is 2.53 bits per heavy atom. The van der Waals surface area contributed by atoms with Crippen molar-refractivity contribution in [1.82, 2.24) is 0 Å². The van der Waals surface area contributed by atoms with Gasteiger partial charge >= 0.3 is 0 Å². The van der Waals surface area contributed by atoms with Gasteiger partial charge < -0.3 is 15.2 Å². The normalized spacial score (nSPS) is 20.8. The SMILES string of the molecule is CC(N)C1(c2c(Br)cc(C=O)c3c2OCCO3)CC1. The Morgan fingerprint density at radius 2 is 2.00 bits per heavy atom. The van der Waals surface area contributed by atoms with Crippen molar-refractivity contribution in [1.29, 1.82) is 0 Å². The van der Waals surface area contributed by atoms with Gasteiger partial charge in [-0.1, -0.05) is 15.9 Å². The van der Waals surface area contributed by atoms with Crippen LogP contribution >= 0.6 is 15.9 Å². The monoisotopic (exact) mass is 325 g/mol. The Hall–Kier alpha value is -1.07. The maximum atomic E-state index is 11.2. The maximum Gasteiger partial charge on any atom is 0.172 e. The molecule has 4 nitrogen and oxygen atoms in total. The molecule has 0 spiro atoms. The number of ether oxygens (including phenoxy) is 2. The van der Waals surface area contributed by atoms with E-state index in [0.29, 0.717) is 30.3 Å². The summed E-state index contributed by atoms with van der Waals surface area (Å²) in [7, 11) is 0. The second kappa shape index (κ2) is 4.49. The lowest BCUT2D eigenvalue weighted by atomic mass is 9.87. The van der Waals surface area contributed by atoms with Gasteiger partial charge in [0.25, 0.3) is 0 Å². The fourth-order valence-corrected chi connectivity index (χ4v) is 3.64. The number of carbonyl (C=O) groups is 1. The second-order valence-electron chi connectivity index (χ2n) is 5.24. The van der Waals surface area contributed by atoms with E-state index in [0.717, 1.165) is 29.2 Å². The highest BCUT2D eigenvalue weighted by molar-refractivity contribution is 9.10. The summed E-state index contributed by atoms with van der Waals surface area (Å²) in [5.41, 5.74) is 7.68. The molecule has 1 fully saturated rings. The van der Waals surface area contributed by atoms with Crippen LogP contribution in [0.15, 0.2) is 10.5 Å². The van der Waals surface area contributed by atoms with Crippen LogP contribution in [-0.4, -0.2) is 25.5 Å². The van der Waals surface area contributed by atoms with E-state index >= 15 is 0 Å². The first-order chi connectivity index (χ1) is 9.10. The van der Waals surface area contributed by atoms with Crippen molar-refractivity contribution in [3.63, 3.8) is 0 Å². The van der Waals surface area contributed by atoms with Crippen LogP contribution in [-0.2, 0) is 5.41 Å². The number of halogens is 1. The topological polar surface area (TPSA) is 61.6 Å². The van der Waals surface area contributed by atoms with Gasteiger partial charge in [-0.3, -0.25) is 4.79 Å². The molecule has 1 aliphatic carbocycles. The van der Waals surface area contributed by atoms with E-state index in [1.54, 1.807) is 6.07 Å². The number of fused-ring (bicyclic) bond motifs is 1. The number of rotatable bonds is 3. The van der Waals surface area contributed by atoms with Gasteiger partial charge in [0, 0.05) is 21.5 Å². The summed E-state index contributed by atoms with van der Waals surface area (Å²) < 4.78 is 12.3. The molecule has 2 N–H and O–H groups in total. The summed E-state index contributed by atoms with van der Waals surface area (Å²) in [5.74, 6) is 1.25. The minimum atomic E-state index is -0.0506. The number of hydrogen-bond donors (Lipinski definition) is 1. The zero-order chi connectivity index (χ0) is 13.6. The largest absolute Gasteiger partial charge is 0.486 e. The minimum Gasteiger partial charge on any atom is -0.486 e. The van der Waals surface area contributed by atoms with Crippen molar-refractivity contribution >= 4 is 22.2 Å². The van der Waals surface area contributed by atoms with Gasteiger partial charge in [0.2, 0.25) is 0 Å². The standard InChI is InChI=1S/C14H16BrNO3/c1-8(16)14(2-3-14)11-10(15)6-9(7-17)12-13(11)19-5-4-18-12/h6-8H,2-5,16H2,1H3.